The molecule has 2 aromatic heterocycles. The Morgan fingerprint density at radius 2 is 2.04 bits per heavy atom. The molecule has 1 amide bonds. The van der Waals surface area contributed by atoms with E-state index >= 15 is 0 Å². The maximum atomic E-state index is 12.7. The van der Waals surface area contributed by atoms with Gasteiger partial charge >= 0.3 is 11.9 Å². The number of furan rings is 1. The second kappa shape index (κ2) is 8.22. The zero-order chi connectivity index (χ0) is 19.4. The number of rotatable bonds is 6. The Kier molecular flexibility index (Phi) is 5.75. The molecule has 0 saturated carbocycles. The van der Waals surface area contributed by atoms with Gasteiger partial charge in [-0.3, -0.25) is 9.59 Å². The van der Waals surface area contributed by atoms with Crippen molar-refractivity contribution in [2.45, 2.75) is 19.8 Å². The fourth-order valence-corrected chi connectivity index (χ4v) is 3.99. The summed E-state index contributed by atoms with van der Waals surface area (Å²) in [6.07, 6.45) is 5.71. The molecule has 27 heavy (non-hydrogen) atoms. The second-order valence-corrected chi connectivity index (χ2v) is 6.91. The molecule has 8 heteroatoms. The van der Waals surface area contributed by atoms with Crippen LogP contribution >= 0.6 is 11.3 Å². The monoisotopic (exact) mass is 389 g/mol. The summed E-state index contributed by atoms with van der Waals surface area (Å²) < 4.78 is 10.5. The Balaban J connectivity index is 1.90. The molecule has 0 aromatic carbocycles. The lowest BCUT2D eigenvalue weighted by Gasteiger charge is -2.24. The highest BCUT2D eigenvalue weighted by molar-refractivity contribution is 7.15. The number of thiophene rings is 1. The van der Waals surface area contributed by atoms with Gasteiger partial charge in [0.2, 0.25) is 5.91 Å². The van der Waals surface area contributed by atoms with Crippen LogP contribution in [0.3, 0.4) is 0 Å². The summed E-state index contributed by atoms with van der Waals surface area (Å²) in [6.45, 7) is 1.88. The average molecular weight is 389 g/mol. The minimum atomic E-state index is -1.01. The average Bonchev–Trinajstić information content (AvgIpc) is 3.31. The maximum absolute atomic E-state index is 12.7. The van der Waals surface area contributed by atoms with E-state index in [-0.39, 0.29) is 12.2 Å². The number of anilines is 1. The lowest BCUT2D eigenvalue weighted by molar-refractivity contribution is -0.146. The van der Waals surface area contributed by atoms with E-state index < -0.39 is 29.7 Å². The van der Waals surface area contributed by atoms with Crippen molar-refractivity contribution in [1.82, 2.24) is 0 Å². The van der Waals surface area contributed by atoms with Gasteiger partial charge in [0, 0.05) is 10.9 Å². The van der Waals surface area contributed by atoms with E-state index in [1.54, 1.807) is 36.6 Å². The van der Waals surface area contributed by atoms with Gasteiger partial charge in [0.05, 0.1) is 24.7 Å². The molecule has 0 radical (unpaired) electrons. The summed E-state index contributed by atoms with van der Waals surface area (Å²) in [7, 11) is 0. The summed E-state index contributed by atoms with van der Waals surface area (Å²) in [5.74, 6) is -3.00. The molecule has 3 rings (SSSR count). The van der Waals surface area contributed by atoms with Crippen LogP contribution in [0.25, 0.3) is 11.3 Å². The molecule has 1 aliphatic carbocycles. The number of carbonyl (C=O) groups is 3. The summed E-state index contributed by atoms with van der Waals surface area (Å²) >= 11 is 1.17. The van der Waals surface area contributed by atoms with Gasteiger partial charge in [0.15, 0.2) is 0 Å². The van der Waals surface area contributed by atoms with Crippen molar-refractivity contribution < 1.29 is 28.6 Å². The smallest absolute Gasteiger partial charge is 0.341 e. The molecule has 7 nitrogen and oxygen atoms in total. The van der Waals surface area contributed by atoms with Crippen LogP contribution < -0.4 is 5.32 Å². The topological polar surface area (TPSA) is 106 Å². The lowest BCUT2D eigenvalue weighted by atomic mass is 9.82. The molecule has 2 heterocycles. The number of carboxylic acids is 1. The molecule has 0 spiro atoms. The molecule has 2 aromatic rings. The van der Waals surface area contributed by atoms with Crippen molar-refractivity contribution in [3.63, 3.8) is 0 Å². The van der Waals surface area contributed by atoms with Gasteiger partial charge in [-0.2, -0.15) is 0 Å². The standard InChI is InChI=1S/C19H19NO6S/c1-2-25-19(24)15-13(14-8-5-9-26-14)10-27-17(15)20-16(21)11-6-3-4-7-12(11)18(22)23/h3-5,8-12H,2,6-7H2,1H3,(H,20,21)(H,22,23)/t11-,12+/m0/s1. The number of esters is 1. The van der Waals surface area contributed by atoms with E-state index in [9.17, 15) is 19.5 Å². The first kappa shape index (κ1) is 18.9. The Morgan fingerprint density at radius 3 is 2.67 bits per heavy atom. The molecule has 0 aliphatic heterocycles. The zero-order valence-electron chi connectivity index (χ0n) is 14.6. The van der Waals surface area contributed by atoms with E-state index in [2.05, 4.69) is 5.32 Å². The largest absolute Gasteiger partial charge is 0.481 e. The molecule has 0 bridgehead atoms. The Labute approximate surface area is 159 Å². The van der Waals surface area contributed by atoms with Crippen LogP contribution in [0.1, 0.15) is 30.1 Å². The van der Waals surface area contributed by atoms with E-state index in [4.69, 9.17) is 9.15 Å². The van der Waals surface area contributed by atoms with Crippen LogP contribution in [-0.2, 0) is 14.3 Å². The number of carbonyl (C=O) groups excluding carboxylic acids is 2. The third-order valence-corrected chi connectivity index (χ3v) is 5.28. The van der Waals surface area contributed by atoms with Crippen molar-refractivity contribution >= 4 is 34.2 Å². The number of hydrogen-bond acceptors (Lipinski definition) is 6. The highest BCUT2D eigenvalue weighted by Gasteiger charge is 2.35. The molecule has 1 aliphatic rings. The molecular weight excluding hydrogens is 370 g/mol. The first-order valence-electron chi connectivity index (χ1n) is 8.54. The molecule has 0 fully saturated rings. The number of amides is 1. The summed E-state index contributed by atoms with van der Waals surface area (Å²) in [4.78, 5) is 36.6. The van der Waals surface area contributed by atoms with Crippen molar-refractivity contribution in [2.75, 3.05) is 11.9 Å². The van der Waals surface area contributed by atoms with Crippen LogP contribution in [0.2, 0.25) is 0 Å². The van der Waals surface area contributed by atoms with Crippen molar-refractivity contribution in [3.05, 3.63) is 41.5 Å². The number of aliphatic carboxylic acids is 1. The van der Waals surface area contributed by atoms with E-state index in [1.165, 1.54) is 17.6 Å². The fraction of sp³-hybridized carbons (Fsp3) is 0.316. The maximum Gasteiger partial charge on any atom is 0.341 e. The summed E-state index contributed by atoms with van der Waals surface area (Å²) in [5, 5.41) is 14.1. The highest BCUT2D eigenvalue weighted by Crippen LogP contribution is 2.37. The van der Waals surface area contributed by atoms with Crippen LogP contribution in [0.4, 0.5) is 5.00 Å². The zero-order valence-corrected chi connectivity index (χ0v) is 15.5. The predicted molar refractivity (Wildman–Crippen MR) is 99.6 cm³/mol. The summed E-state index contributed by atoms with van der Waals surface area (Å²) in [5.41, 5.74) is 0.737. The third kappa shape index (κ3) is 3.95. The Hall–Kier alpha value is -2.87. The molecular formula is C19H19NO6S. The van der Waals surface area contributed by atoms with Gasteiger partial charge in [0.25, 0.3) is 0 Å². The first-order valence-corrected chi connectivity index (χ1v) is 9.42. The van der Waals surface area contributed by atoms with E-state index in [0.29, 0.717) is 29.2 Å². The second-order valence-electron chi connectivity index (χ2n) is 6.03. The Morgan fingerprint density at radius 1 is 1.30 bits per heavy atom. The summed E-state index contributed by atoms with van der Waals surface area (Å²) in [6, 6.07) is 3.41. The molecule has 2 atom stereocenters. The van der Waals surface area contributed by atoms with Crippen molar-refractivity contribution in [3.8, 4) is 11.3 Å². The number of nitrogens with one attached hydrogen (secondary N) is 1. The van der Waals surface area contributed by atoms with Gasteiger partial charge in [-0.25, -0.2) is 4.79 Å². The number of hydrogen-bond donors (Lipinski definition) is 2. The van der Waals surface area contributed by atoms with E-state index in [1.807, 2.05) is 0 Å². The van der Waals surface area contributed by atoms with Gasteiger partial charge in [-0.1, -0.05) is 12.2 Å². The van der Waals surface area contributed by atoms with Gasteiger partial charge in [0.1, 0.15) is 16.3 Å². The quantitative estimate of drug-likeness (QED) is 0.575. The fourth-order valence-electron chi connectivity index (χ4n) is 3.05. The Bertz CT molecular complexity index is 867. The van der Waals surface area contributed by atoms with Crippen molar-refractivity contribution in [1.29, 1.82) is 0 Å². The predicted octanol–water partition coefficient (Wildman–Crippen LogP) is 3.79. The lowest BCUT2D eigenvalue weighted by Crippen LogP contribution is -2.34. The van der Waals surface area contributed by atoms with Crippen LogP contribution in [0.15, 0.2) is 40.3 Å². The SMILES string of the molecule is CCOC(=O)c1c(-c2ccco2)csc1NC(=O)[C@H]1CC=CC[C@H]1C(=O)O. The minimum absolute atomic E-state index is 0.189. The van der Waals surface area contributed by atoms with Crippen molar-refractivity contribution in [2.24, 2.45) is 11.8 Å². The molecule has 0 unspecified atom stereocenters. The van der Waals surface area contributed by atoms with Crippen LogP contribution in [0.5, 0.6) is 0 Å². The highest BCUT2D eigenvalue weighted by atomic mass is 32.1. The van der Waals surface area contributed by atoms with Gasteiger partial charge < -0.3 is 19.6 Å². The van der Waals surface area contributed by atoms with Crippen LogP contribution in [-0.4, -0.2) is 29.6 Å². The molecule has 0 saturated heterocycles. The number of ether oxygens (including phenoxy) is 1. The van der Waals surface area contributed by atoms with E-state index in [0.717, 1.165) is 0 Å². The van der Waals surface area contributed by atoms with Gasteiger partial charge in [-0.05, 0) is 31.9 Å². The van der Waals surface area contributed by atoms with Gasteiger partial charge in [-0.15, -0.1) is 11.3 Å². The molecule has 142 valence electrons. The molecule has 2 N–H and O–H groups in total. The number of allylic oxidation sites excluding steroid dienone is 2. The third-order valence-electron chi connectivity index (χ3n) is 4.38. The number of carboxylic acid groups (broad SMARTS) is 1. The first-order chi connectivity index (χ1) is 13.0. The van der Waals surface area contributed by atoms with Crippen LogP contribution in [0, 0.1) is 11.8 Å². The minimum Gasteiger partial charge on any atom is -0.481 e. The normalized spacial score (nSPS) is 18.9.